The average Bonchev–Trinajstić information content (AvgIpc) is 2.42. The minimum absolute atomic E-state index is 0.0929. The predicted molar refractivity (Wildman–Crippen MR) is 69.1 cm³/mol. The molecule has 1 atom stereocenters. The first-order valence-corrected chi connectivity index (χ1v) is 5.89. The Hall–Kier alpha value is -2.62. The van der Waals surface area contributed by atoms with Gasteiger partial charge in [0.2, 0.25) is 0 Å². The van der Waals surface area contributed by atoms with E-state index in [1.165, 1.54) is 25.1 Å². The minimum atomic E-state index is -0.631. The maximum atomic E-state index is 10.8. The van der Waals surface area contributed by atoms with Crippen molar-refractivity contribution in [3.8, 4) is 11.8 Å². The van der Waals surface area contributed by atoms with E-state index < -0.39 is 4.92 Å². The van der Waals surface area contributed by atoms with Gasteiger partial charge in [-0.05, 0) is 6.07 Å². The van der Waals surface area contributed by atoms with E-state index in [0.29, 0.717) is 0 Å². The summed E-state index contributed by atoms with van der Waals surface area (Å²) in [6, 6.07) is 5.95. The van der Waals surface area contributed by atoms with Gasteiger partial charge in [0.15, 0.2) is 5.56 Å². The van der Waals surface area contributed by atoms with Crippen molar-refractivity contribution in [2.75, 3.05) is 13.2 Å². The van der Waals surface area contributed by atoms with Crippen molar-refractivity contribution in [2.45, 2.75) is 13.8 Å². The Bertz CT molecular complexity index is 550. The summed E-state index contributed by atoms with van der Waals surface area (Å²) in [4.78, 5) is 20.8. The van der Waals surface area contributed by atoms with Gasteiger partial charge in [-0.15, -0.1) is 0 Å². The molecule has 1 aromatic carbocycles. The summed E-state index contributed by atoms with van der Waals surface area (Å²) in [7, 11) is 0. The molecule has 0 radical (unpaired) electrons. The molecule has 0 heterocycles. The van der Waals surface area contributed by atoms with Crippen molar-refractivity contribution < 1.29 is 19.2 Å². The summed E-state index contributed by atoms with van der Waals surface area (Å²) in [5.74, 6) is -0.328. The first-order chi connectivity index (χ1) is 9.45. The second-order valence-corrected chi connectivity index (χ2v) is 4.24. The highest BCUT2D eigenvalue weighted by atomic mass is 16.6. The second kappa shape index (κ2) is 7.09. The lowest BCUT2D eigenvalue weighted by atomic mass is 10.1. The fraction of sp³-hybridized carbons (Fsp3) is 0.385. The molecule has 0 N–H and O–H groups in total. The number of carbonyl (C=O) groups excluding carboxylic acids is 1. The van der Waals surface area contributed by atoms with Crippen LogP contribution in [-0.4, -0.2) is 24.1 Å². The molecule has 1 aromatic rings. The largest absolute Gasteiger partial charge is 0.492 e. The number of hydrogen-bond acceptors (Lipinski definition) is 6. The van der Waals surface area contributed by atoms with E-state index in [9.17, 15) is 14.9 Å². The number of ether oxygens (including phenoxy) is 2. The monoisotopic (exact) mass is 278 g/mol. The Morgan fingerprint density at radius 2 is 2.20 bits per heavy atom. The Labute approximate surface area is 115 Å². The van der Waals surface area contributed by atoms with Crippen LogP contribution in [0.4, 0.5) is 5.69 Å². The first kappa shape index (κ1) is 15.4. The van der Waals surface area contributed by atoms with Gasteiger partial charge in [-0.25, -0.2) is 0 Å². The van der Waals surface area contributed by atoms with E-state index in [4.69, 9.17) is 14.7 Å². The Kier molecular flexibility index (Phi) is 5.47. The zero-order valence-corrected chi connectivity index (χ0v) is 11.2. The number of carbonyl (C=O) groups is 1. The van der Waals surface area contributed by atoms with Crippen LogP contribution in [0.3, 0.4) is 0 Å². The number of nitro groups is 1. The first-order valence-electron chi connectivity index (χ1n) is 5.89. The number of nitro benzene ring substituents is 1. The zero-order chi connectivity index (χ0) is 15.1. The maximum absolute atomic E-state index is 10.8. The molecule has 1 rings (SSSR count). The molecule has 0 aliphatic carbocycles. The van der Waals surface area contributed by atoms with Crippen molar-refractivity contribution in [3.63, 3.8) is 0 Å². The highest BCUT2D eigenvalue weighted by Gasteiger charge is 2.18. The zero-order valence-electron chi connectivity index (χ0n) is 11.2. The number of benzene rings is 1. The fourth-order valence-corrected chi connectivity index (χ4v) is 1.44. The Balaban J connectivity index is 2.74. The third-order valence-corrected chi connectivity index (χ3v) is 2.41. The van der Waals surface area contributed by atoms with E-state index in [2.05, 4.69) is 0 Å². The summed E-state index contributed by atoms with van der Waals surface area (Å²) in [5.41, 5.74) is -0.408. The molecule has 106 valence electrons. The third kappa shape index (κ3) is 4.24. The number of nitrogens with zero attached hydrogens (tertiary/aromatic N) is 2. The standard InChI is InChI=1S/C13H14N2O5/c1-9(7-19-10(2)16)8-20-13-5-3-4-12(15(17)18)11(13)6-14/h3-5,9H,7-8H2,1-2H3. The lowest BCUT2D eigenvalue weighted by molar-refractivity contribution is -0.385. The van der Waals surface area contributed by atoms with Crippen LogP contribution in [-0.2, 0) is 9.53 Å². The predicted octanol–water partition coefficient (Wildman–Crippen LogP) is 2.04. The van der Waals surface area contributed by atoms with Crippen LogP contribution in [0.25, 0.3) is 0 Å². The normalized spacial score (nSPS) is 11.2. The number of hydrogen-bond donors (Lipinski definition) is 0. The van der Waals surface area contributed by atoms with Gasteiger partial charge < -0.3 is 9.47 Å². The molecule has 7 heteroatoms. The quantitative estimate of drug-likeness (QED) is 0.448. The van der Waals surface area contributed by atoms with Crippen LogP contribution >= 0.6 is 0 Å². The van der Waals surface area contributed by atoms with Gasteiger partial charge in [-0.1, -0.05) is 13.0 Å². The third-order valence-electron chi connectivity index (χ3n) is 2.41. The van der Waals surface area contributed by atoms with Gasteiger partial charge in [-0.3, -0.25) is 14.9 Å². The average molecular weight is 278 g/mol. The Morgan fingerprint density at radius 1 is 1.50 bits per heavy atom. The van der Waals surface area contributed by atoms with E-state index in [0.717, 1.165) is 0 Å². The molecule has 0 aliphatic heterocycles. The molecular weight excluding hydrogens is 264 g/mol. The number of rotatable bonds is 6. The summed E-state index contributed by atoms with van der Waals surface area (Å²) in [6.07, 6.45) is 0. The van der Waals surface area contributed by atoms with Crippen LogP contribution in [0.15, 0.2) is 18.2 Å². The molecule has 0 aliphatic rings. The molecule has 7 nitrogen and oxygen atoms in total. The van der Waals surface area contributed by atoms with Crippen LogP contribution in [0.5, 0.6) is 5.75 Å². The lowest BCUT2D eigenvalue weighted by Gasteiger charge is -2.13. The summed E-state index contributed by atoms with van der Waals surface area (Å²) < 4.78 is 10.2. The van der Waals surface area contributed by atoms with Crippen molar-refractivity contribution in [3.05, 3.63) is 33.9 Å². The van der Waals surface area contributed by atoms with Gasteiger partial charge in [0, 0.05) is 18.9 Å². The van der Waals surface area contributed by atoms with Crippen LogP contribution < -0.4 is 4.74 Å². The molecule has 0 aromatic heterocycles. The van der Waals surface area contributed by atoms with Crippen molar-refractivity contribution >= 4 is 11.7 Å². The fourth-order valence-electron chi connectivity index (χ4n) is 1.44. The van der Waals surface area contributed by atoms with E-state index >= 15 is 0 Å². The Morgan fingerprint density at radius 3 is 2.75 bits per heavy atom. The topological polar surface area (TPSA) is 102 Å². The van der Waals surface area contributed by atoms with Gasteiger partial charge in [0.25, 0.3) is 5.69 Å². The second-order valence-electron chi connectivity index (χ2n) is 4.24. The maximum Gasteiger partial charge on any atom is 0.302 e. The van der Waals surface area contributed by atoms with Crippen molar-refractivity contribution in [1.29, 1.82) is 5.26 Å². The van der Waals surface area contributed by atoms with Gasteiger partial charge in [0.05, 0.1) is 18.1 Å². The molecule has 0 saturated carbocycles. The minimum Gasteiger partial charge on any atom is -0.492 e. The van der Waals surface area contributed by atoms with E-state index in [1.807, 2.05) is 0 Å². The molecule has 0 spiro atoms. The number of nitriles is 1. The van der Waals surface area contributed by atoms with Crippen molar-refractivity contribution in [2.24, 2.45) is 5.92 Å². The van der Waals surface area contributed by atoms with Gasteiger partial charge in [0.1, 0.15) is 11.8 Å². The van der Waals surface area contributed by atoms with Crippen molar-refractivity contribution in [1.82, 2.24) is 0 Å². The summed E-state index contributed by atoms with van der Waals surface area (Å²) in [6.45, 7) is 3.48. The molecular formula is C13H14N2O5. The smallest absolute Gasteiger partial charge is 0.302 e. The van der Waals surface area contributed by atoms with E-state index in [-0.39, 0.29) is 42.1 Å². The van der Waals surface area contributed by atoms with Gasteiger partial charge in [-0.2, -0.15) is 5.26 Å². The molecule has 1 unspecified atom stereocenters. The summed E-state index contributed by atoms with van der Waals surface area (Å²) >= 11 is 0. The van der Waals surface area contributed by atoms with Crippen LogP contribution in [0.1, 0.15) is 19.4 Å². The lowest BCUT2D eigenvalue weighted by Crippen LogP contribution is -2.17. The molecule has 0 bridgehead atoms. The molecule has 0 saturated heterocycles. The molecule has 0 fully saturated rings. The molecule has 0 amide bonds. The summed E-state index contributed by atoms with van der Waals surface area (Å²) in [5, 5.41) is 19.8. The van der Waals surface area contributed by atoms with E-state index in [1.54, 1.807) is 13.0 Å². The molecule has 20 heavy (non-hydrogen) atoms. The SMILES string of the molecule is CC(=O)OCC(C)COc1cccc([N+](=O)[O-])c1C#N. The van der Waals surface area contributed by atoms with Crippen LogP contribution in [0, 0.1) is 27.4 Å². The number of esters is 1. The van der Waals surface area contributed by atoms with Gasteiger partial charge >= 0.3 is 5.97 Å². The van der Waals surface area contributed by atoms with Crippen LogP contribution in [0.2, 0.25) is 0 Å². The highest BCUT2D eigenvalue weighted by Crippen LogP contribution is 2.27. The highest BCUT2D eigenvalue weighted by molar-refractivity contribution is 5.65.